The molecule has 0 saturated carbocycles. The lowest BCUT2D eigenvalue weighted by Crippen LogP contribution is -2.22. The molecule has 0 radical (unpaired) electrons. The van der Waals surface area contributed by atoms with Crippen LogP contribution in [-0.2, 0) is 6.54 Å². The highest BCUT2D eigenvalue weighted by Crippen LogP contribution is 2.18. The van der Waals surface area contributed by atoms with Crippen LogP contribution in [0.2, 0.25) is 0 Å². The van der Waals surface area contributed by atoms with Crippen LogP contribution in [0.4, 0.5) is 11.6 Å². The maximum absolute atomic E-state index is 12.7. The van der Waals surface area contributed by atoms with Gasteiger partial charge >= 0.3 is 0 Å². The van der Waals surface area contributed by atoms with Gasteiger partial charge in [-0.05, 0) is 44.0 Å². The number of carbonyl (C=O) groups is 1. The zero-order chi connectivity index (χ0) is 19.4. The summed E-state index contributed by atoms with van der Waals surface area (Å²) in [4.78, 5) is 23.6. The Morgan fingerprint density at radius 3 is 2.44 bits per heavy atom. The number of amides is 1. The van der Waals surface area contributed by atoms with Crippen LogP contribution in [0.5, 0.6) is 0 Å². The van der Waals surface area contributed by atoms with Crippen LogP contribution in [0.25, 0.3) is 0 Å². The van der Waals surface area contributed by atoms with Gasteiger partial charge in [0.15, 0.2) is 0 Å². The quantitative estimate of drug-likeness (QED) is 0.737. The molecular weight excluding hydrogens is 336 g/mol. The molecular formula is C22H24N4O. The number of hydrogen-bond acceptors (Lipinski definition) is 4. The van der Waals surface area contributed by atoms with Gasteiger partial charge in [0.25, 0.3) is 5.91 Å². The van der Waals surface area contributed by atoms with E-state index in [1.54, 1.807) is 6.07 Å². The minimum atomic E-state index is -0.234. The lowest BCUT2D eigenvalue weighted by molar-refractivity contribution is 0.102. The topological polar surface area (TPSA) is 58.1 Å². The monoisotopic (exact) mass is 360 g/mol. The van der Waals surface area contributed by atoms with Crippen molar-refractivity contribution in [3.8, 4) is 0 Å². The van der Waals surface area contributed by atoms with Crippen LogP contribution in [0.3, 0.4) is 0 Å². The van der Waals surface area contributed by atoms with Crippen LogP contribution in [0.15, 0.2) is 54.6 Å². The molecule has 0 saturated heterocycles. The Bertz CT molecular complexity index is 954. The molecule has 0 fully saturated rings. The first-order valence-corrected chi connectivity index (χ1v) is 8.92. The first-order chi connectivity index (χ1) is 12.9. The molecule has 0 bridgehead atoms. The second-order valence-corrected chi connectivity index (χ2v) is 6.81. The summed E-state index contributed by atoms with van der Waals surface area (Å²) in [7, 11) is 1.92. The second-order valence-electron chi connectivity index (χ2n) is 6.81. The van der Waals surface area contributed by atoms with E-state index >= 15 is 0 Å². The first kappa shape index (κ1) is 18.6. The minimum absolute atomic E-state index is 0.234. The van der Waals surface area contributed by atoms with Crippen LogP contribution in [0.1, 0.15) is 32.9 Å². The van der Waals surface area contributed by atoms with E-state index in [2.05, 4.69) is 27.4 Å². The molecule has 5 nitrogen and oxygen atoms in total. The summed E-state index contributed by atoms with van der Waals surface area (Å²) in [5, 5.41) is 2.95. The number of hydrogen-bond donors (Lipinski definition) is 1. The molecule has 1 N–H and O–H groups in total. The number of aromatic nitrogens is 2. The SMILES string of the molecule is Cc1ccc(NC(=O)c2cc(C)nc(N(C)Cc3ccccc3)n2)c(C)c1. The van der Waals surface area contributed by atoms with Crippen LogP contribution >= 0.6 is 0 Å². The van der Waals surface area contributed by atoms with Gasteiger partial charge in [-0.1, -0.05) is 48.0 Å². The maximum Gasteiger partial charge on any atom is 0.274 e. The van der Waals surface area contributed by atoms with Gasteiger partial charge in [-0.3, -0.25) is 4.79 Å². The molecule has 0 unspecified atom stereocenters. The van der Waals surface area contributed by atoms with Gasteiger partial charge in [-0.2, -0.15) is 0 Å². The van der Waals surface area contributed by atoms with Gasteiger partial charge in [-0.25, -0.2) is 9.97 Å². The van der Waals surface area contributed by atoms with Crippen molar-refractivity contribution in [3.05, 3.63) is 82.7 Å². The van der Waals surface area contributed by atoms with Gasteiger partial charge in [0, 0.05) is 25.0 Å². The number of rotatable bonds is 5. The summed E-state index contributed by atoms with van der Waals surface area (Å²) in [6, 6.07) is 17.7. The lowest BCUT2D eigenvalue weighted by atomic mass is 10.1. The Labute approximate surface area is 160 Å². The highest BCUT2D eigenvalue weighted by atomic mass is 16.1. The van der Waals surface area contributed by atoms with Crippen molar-refractivity contribution < 1.29 is 4.79 Å². The standard InChI is InChI=1S/C22H24N4O/c1-15-10-11-19(16(2)12-15)24-21(27)20-13-17(3)23-22(25-20)26(4)14-18-8-6-5-7-9-18/h5-13H,14H2,1-4H3,(H,24,27). The van der Waals surface area contributed by atoms with E-state index in [0.717, 1.165) is 28.1 Å². The van der Waals surface area contributed by atoms with E-state index in [4.69, 9.17) is 0 Å². The summed E-state index contributed by atoms with van der Waals surface area (Å²) >= 11 is 0. The van der Waals surface area contributed by atoms with E-state index in [-0.39, 0.29) is 5.91 Å². The van der Waals surface area contributed by atoms with E-state index in [0.29, 0.717) is 18.2 Å². The van der Waals surface area contributed by atoms with Crippen molar-refractivity contribution in [2.24, 2.45) is 0 Å². The summed E-state index contributed by atoms with van der Waals surface area (Å²) in [5.41, 5.74) is 5.25. The van der Waals surface area contributed by atoms with Gasteiger partial charge < -0.3 is 10.2 Å². The van der Waals surface area contributed by atoms with Crippen molar-refractivity contribution >= 4 is 17.5 Å². The maximum atomic E-state index is 12.7. The van der Waals surface area contributed by atoms with Crippen molar-refractivity contribution in [1.29, 1.82) is 0 Å². The molecule has 3 rings (SSSR count). The second kappa shape index (κ2) is 7.99. The Balaban J connectivity index is 1.80. The van der Waals surface area contributed by atoms with Crippen molar-refractivity contribution in [2.45, 2.75) is 27.3 Å². The van der Waals surface area contributed by atoms with Gasteiger partial charge in [0.05, 0.1) is 0 Å². The van der Waals surface area contributed by atoms with E-state index in [9.17, 15) is 4.79 Å². The fraction of sp³-hybridized carbons (Fsp3) is 0.227. The molecule has 0 spiro atoms. The minimum Gasteiger partial charge on any atom is -0.340 e. The number of nitrogens with zero attached hydrogens (tertiary/aromatic N) is 3. The van der Waals surface area contributed by atoms with Gasteiger partial charge in [0.2, 0.25) is 5.95 Å². The molecule has 5 heteroatoms. The summed E-state index contributed by atoms with van der Waals surface area (Å²) in [6.45, 7) is 6.55. The highest BCUT2D eigenvalue weighted by molar-refractivity contribution is 6.03. The molecule has 1 amide bonds. The third kappa shape index (κ3) is 4.70. The van der Waals surface area contributed by atoms with Crippen molar-refractivity contribution in [2.75, 3.05) is 17.3 Å². The largest absolute Gasteiger partial charge is 0.340 e. The zero-order valence-corrected chi connectivity index (χ0v) is 16.2. The molecule has 138 valence electrons. The molecule has 2 aromatic carbocycles. The van der Waals surface area contributed by atoms with Crippen LogP contribution in [0, 0.1) is 20.8 Å². The van der Waals surface area contributed by atoms with Gasteiger partial charge in [0.1, 0.15) is 5.69 Å². The predicted octanol–water partition coefficient (Wildman–Crippen LogP) is 4.29. The predicted molar refractivity (Wildman–Crippen MR) is 109 cm³/mol. The van der Waals surface area contributed by atoms with Crippen molar-refractivity contribution in [1.82, 2.24) is 9.97 Å². The summed E-state index contributed by atoms with van der Waals surface area (Å²) in [6.07, 6.45) is 0. The molecule has 1 heterocycles. The molecule has 1 aromatic heterocycles. The normalized spacial score (nSPS) is 10.5. The molecule has 0 aliphatic heterocycles. The summed E-state index contributed by atoms with van der Waals surface area (Å²) < 4.78 is 0. The average Bonchev–Trinajstić information content (AvgIpc) is 2.64. The van der Waals surface area contributed by atoms with Crippen molar-refractivity contribution in [3.63, 3.8) is 0 Å². The highest BCUT2D eigenvalue weighted by Gasteiger charge is 2.14. The molecule has 0 aliphatic rings. The van der Waals surface area contributed by atoms with Gasteiger partial charge in [-0.15, -0.1) is 0 Å². The fourth-order valence-corrected chi connectivity index (χ4v) is 2.91. The third-order valence-electron chi connectivity index (χ3n) is 4.31. The Hall–Kier alpha value is -3.21. The number of anilines is 2. The van der Waals surface area contributed by atoms with Crippen LogP contribution < -0.4 is 10.2 Å². The number of aryl methyl sites for hydroxylation is 3. The molecule has 0 atom stereocenters. The summed E-state index contributed by atoms with van der Waals surface area (Å²) in [5.74, 6) is 0.298. The number of benzene rings is 2. The van der Waals surface area contributed by atoms with E-state index < -0.39 is 0 Å². The molecule has 3 aromatic rings. The smallest absolute Gasteiger partial charge is 0.274 e. The average molecular weight is 360 g/mol. The number of nitrogens with one attached hydrogen (secondary N) is 1. The Morgan fingerprint density at radius 1 is 1.00 bits per heavy atom. The van der Waals surface area contributed by atoms with Crippen LogP contribution in [-0.4, -0.2) is 22.9 Å². The molecule has 27 heavy (non-hydrogen) atoms. The van der Waals surface area contributed by atoms with E-state index in [1.165, 1.54) is 0 Å². The van der Waals surface area contributed by atoms with E-state index in [1.807, 2.05) is 69.1 Å². The Morgan fingerprint density at radius 2 is 1.74 bits per heavy atom. The molecule has 0 aliphatic carbocycles. The first-order valence-electron chi connectivity index (χ1n) is 8.92. The number of carbonyl (C=O) groups excluding carboxylic acids is 1. The Kier molecular flexibility index (Phi) is 5.50. The fourth-order valence-electron chi connectivity index (χ4n) is 2.91. The third-order valence-corrected chi connectivity index (χ3v) is 4.31. The zero-order valence-electron chi connectivity index (χ0n) is 16.2. The lowest BCUT2D eigenvalue weighted by Gasteiger charge is -2.18.